The fourth-order valence-electron chi connectivity index (χ4n) is 14.6. The summed E-state index contributed by atoms with van der Waals surface area (Å²) in [7, 11) is 0. The molecule has 47 nitrogen and oxygen atoms in total. The Morgan fingerprint density at radius 2 is 0.672 bits per heavy atom. The standard InChI is InChI=1S/C81H132N22O25/c1-43(2)38-55(97-70(116)50(28-31-64(109)110)92-73(119)57(41-105)98-65(111)44(3)85)80(126)103-37-15-23-59(103)75(121)89-46(5)67(113)99-58(42-106)74(120)93-51(26-29-62(86)107)78(124)101-35-16-24-60(101)76(122)94-52(27-30-63(87)108)79(125)102-36-17-25-61(102)77(123)96-54(39-47-18-7-6-8-19-47)71(117)100-56(40-104)72(118)88-45(4)66(112)90-48(20-9-12-32-82)68(114)91-49(21-10-13-33-83)69(115)95-53(81(127)128)22-11-14-34-84/h6-8,18-19,43-46,48-61,104-106H,9-17,20-42,82-85H2,1-5H3,(H2,86,107)(H2,87,108)(H,88,118)(H,89,121)(H,90,112)(H,91,114)(H,92,119)(H,93,120)(H,94,122)(H,95,115)(H,96,123)(H,97,116)(H,98,111)(H,99,113)(H,100,117)(H,109,110)(H,127,128). The van der Waals surface area contributed by atoms with E-state index in [1.54, 1.807) is 44.2 Å². The number of likely N-dealkylation sites (tertiary alicyclic amines) is 3. The lowest BCUT2D eigenvalue weighted by Gasteiger charge is -2.32. The Balaban J connectivity index is 1.49. The highest BCUT2D eigenvalue weighted by Gasteiger charge is 2.45. The number of carbonyl (C=O) groups is 20. The third-order valence-corrected chi connectivity index (χ3v) is 21.7. The van der Waals surface area contributed by atoms with Crippen molar-refractivity contribution in [1.82, 2.24) is 83.8 Å². The molecule has 3 heterocycles. The summed E-state index contributed by atoms with van der Waals surface area (Å²) in [5.41, 5.74) is 34.1. The van der Waals surface area contributed by atoms with Crippen molar-refractivity contribution in [3.8, 4) is 0 Å². The van der Waals surface area contributed by atoms with E-state index in [1.165, 1.54) is 20.8 Å². The summed E-state index contributed by atoms with van der Waals surface area (Å²) in [4.78, 5) is 276. The third kappa shape index (κ3) is 35.9. The van der Waals surface area contributed by atoms with Crippen LogP contribution in [0.5, 0.6) is 0 Å². The van der Waals surface area contributed by atoms with E-state index in [-0.39, 0.29) is 109 Å². The molecule has 30 N–H and O–H groups in total. The highest BCUT2D eigenvalue weighted by molar-refractivity contribution is 6.02. The molecule has 17 unspecified atom stereocenters. The molecule has 1 aromatic carbocycles. The van der Waals surface area contributed by atoms with Crippen molar-refractivity contribution in [1.29, 1.82) is 0 Å². The quantitative estimate of drug-likeness (QED) is 0.0269. The third-order valence-electron chi connectivity index (χ3n) is 21.7. The average molecular weight is 1810 g/mol. The molecule has 0 aliphatic carbocycles. The lowest BCUT2D eigenvalue weighted by molar-refractivity contribution is -0.145. The maximum atomic E-state index is 14.9. The SMILES string of the molecule is CC(C)CC(NC(=O)C(CCC(=O)O)NC(=O)C(CO)NC(=O)C(C)N)C(=O)N1CCCC1C(=O)NC(C)C(=O)NC(CO)C(=O)NC(CCC(N)=O)C(=O)N1CCCC1C(=O)NC(CCC(N)=O)C(=O)N1CCCC1C(=O)NC(Cc1ccccc1)C(=O)NC(CO)C(=O)NC(C)C(=O)NC(CCCCN)C(=O)NC(CCCCN)C(=O)NC(CCCCN)C(=O)O. The van der Waals surface area contributed by atoms with Crippen molar-refractivity contribution in [3.05, 3.63) is 35.9 Å². The molecule has 0 aromatic heterocycles. The number of nitrogens with one attached hydrogen (secondary N) is 13. The summed E-state index contributed by atoms with van der Waals surface area (Å²) in [6.45, 7) is 4.53. The first kappa shape index (κ1) is 109. The topological polar surface area (TPSA) is 765 Å². The van der Waals surface area contributed by atoms with Gasteiger partial charge >= 0.3 is 11.9 Å². The van der Waals surface area contributed by atoms with Crippen molar-refractivity contribution in [2.24, 2.45) is 40.3 Å². The Bertz CT molecular complexity index is 3980. The number of benzene rings is 1. The summed E-state index contributed by atoms with van der Waals surface area (Å²) < 4.78 is 0. The fourth-order valence-corrected chi connectivity index (χ4v) is 14.6. The van der Waals surface area contributed by atoms with Gasteiger partial charge in [-0.25, -0.2) is 4.79 Å². The van der Waals surface area contributed by atoms with Gasteiger partial charge < -0.3 is 144 Å². The lowest BCUT2D eigenvalue weighted by Crippen LogP contribution is -2.61. The van der Waals surface area contributed by atoms with Gasteiger partial charge in [0, 0.05) is 45.3 Å². The van der Waals surface area contributed by atoms with Crippen LogP contribution >= 0.6 is 0 Å². The number of amides is 18. The van der Waals surface area contributed by atoms with E-state index in [2.05, 4.69) is 69.1 Å². The molecule has 128 heavy (non-hydrogen) atoms. The van der Waals surface area contributed by atoms with Crippen molar-refractivity contribution < 1.29 is 121 Å². The Kier molecular flexibility index (Phi) is 47.4. The average Bonchev–Trinajstić information content (AvgIpc) is 1.60. The van der Waals surface area contributed by atoms with Crippen molar-refractivity contribution >= 4 is 118 Å². The number of unbranched alkanes of at least 4 members (excludes halogenated alkanes) is 3. The Morgan fingerprint density at radius 1 is 0.359 bits per heavy atom. The summed E-state index contributed by atoms with van der Waals surface area (Å²) >= 11 is 0. The zero-order valence-electron chi connectivity index (χ0n) is 73.1. The maximum absolute atomic E-state index is 14.9. The van der Waals surface area contributed by atoms with Gasteiger partial charge in [0.1, 0.15) is 96.7 Å². The Hall–Kier alpha value is -11.7. The van der Waals surface area contributed by atoms with E-state index in [0.717, 1.165) is 14.7 Å². The normalized spacial score (nSPS) is 18.1. The molecule has 17 atom stereocenters. The molecule has 1 aromatic rings. The predicted octanol–water partition coefficient (Wildman–Crippen LogP) is -9.22. The second kappa shape index (κ2) is 55.8. The van der Waals surface area contributed by atoms with Gasteiger partial charge in [-0.3, -0.25) is 91.1 Å². The van der Waals surface area contributed by atoms with Crippen LogP contribution in [-0.2, 0) is 102 Å². The van der Waals surface area contributed by atoms with Crippen LogP contribution in [0.25, 0.3) is 0 Å². The molecular weight excluding hydrogens is 1680 g/mol. The van der Waals surface area contributed by atoms with Crippen LogP contribution in [0.3, 0.4) is 0 Å². The second-order valence-corrected chi connectivity index (χ2v) is 32.5. The van der Waals surface area contributed by atoms with E-state index < -0.39 is 279 Å². The molecule has 3 fully saturated rings. The number of hydrogen-bond acceptors (Lipinski definition) is 27. The molecular formula is C81H132N22O25. The maximum Gasteiger partial charge on any atom is 0.326 e. The van der Waals surface area contributed by atoms with E-state index in [4.69, 9.17) is 34.4 Å². The van der Waals surface area contributed by atoms with Gasteiger partial charge in [-0.2, -0.15) is 0 Å². The minimum atomic E-state index is -1.87. The first-order chi connectivity index (χ1) is 60.6. The first-order valence-electron chi connectivity index (χ1n) is 43.3. The Morgan fingerprint density at radius 3 is 1.07 bits per heavy atom. The van der Waals surface area contributed by atoms with E-state index >= 15 is 0 Å². The number of nitrogens with zero attached hydrogens (tertiary/aromatic N) is 3. The molecule has 0 spiro atoms. The largest absolute Gasteiger partial charge is 0.481 e. The summed E-state index contributed by atoms with van der Waals surface area (Å²) in [5, 5.41) is 82.2. The van der Waals surface area contributed by atoms with Crippen LogP contribution in [0, 0.1) is 5.92 Å². The van der Waals surface area contributed by atoms with Gasteiger partial charge in [0.25, 0.3) is 0 Å². The molecule has 3 aliphatic heterocycles. The molecule has 3 aliphatic rings. The number of carbonyl (C=O) groups excluding carboxylic acids is 18. The second-order valence-electron chi connectivity index (χ2n) is 32.5. The predicted molar refractivity (Wildman–Crippen MR) is 455 cm³/mol. The number of aliphatic carboxylic acids is 2. The zero-order chi connectivity index (χ0) is 95.6. The highest BCUT2D eigenvalue weighted by atomic mass is 16.4. The first-order valence-corrected chi connectivity index (χ1v) is 43.3. The number of aliphatic hydroxyl groups excluding tert-OH is 3. The van der Waals surface area contributed by atoms with Crippen LogP contribution in [-0.4, -0.2) is 320 Å². The van der Waals surface area contributed by atoms with Crippen LogP contribution in [0.1, 0.15) is 181 Å². The number of hydrogen-bond donors (Lipinski definition) is 24. The number of carboxylic acids is 2. The lowest BCUT2D eigenvalue weighted by atomic mass is 10.0. The van der Waals surface area contributed by atoms with E-state index in [0.29, 0.717) is 50.6 Å². The van der Waals surface area contributed by atoms with Crippen LogP contribution < -0.4 is 104 Å². The summed E-state index contributed by atoms with van der Waals surface area (Å²) in [6.07, 6.45) is -0.349. The summed E-state index contributed by atoms with van der Waals surface area (Å²) in [6, 6.07) is -17.0. The Labute approximate surface area is 740 Å². The minimum Gasteiger partial charge on any atom is -0.481 e. The molecule has 3 saturated heterocycles. The number of nitrogens with two attached hydrogens (primary N) is 6. The van der Waals surface area contributed by atoms with Gasteiger partial charge in [0.05, 0.1) is 25.9 Å². The zero-order valence-corrected chi connectivity index (χ0v) is 73.1. The molecule has 47 heteroatoms. The van der Waals surface area contributed by atoms with E-state index in [1.807, 2.05) is 0 Å². The van der Waals surface area contributed by atoms with Crippen molar-refractivity contribution in [2.75, 3.05) is 59.1 Å². The fraction of sp³-hybridized carbons (Fsp3) is 0.679. The molecule has 0 radical (unpaired) electrons. The minimum absolute atomic E-state index is 0.00424. The van der Waals surface area contributed by atoms with Crippen LogP contribution in [0.15, 0.2) is 30.3 Å². The van der Waals surface area contributed by atoms with Gasteiger partial charge in [0.2, 0.25) is 106 Å². The number of aliphatic hydroxyl groups is 3. The smallest absolute Gasteiger partial charge is 0.326 e. The highest BCUT2D eigenvalue weighted by Crippen LogP contribution is 2.26. The molecule has 0 saturated carbocycles. The van der Waals surface area contributed by atoms with E-state index in [9.17, 15) is 121 Å². The van der Waals surface area contributed by atoms with Crippen LogP contribution in [0.4, 0.5) is 0 Å². The van der Waals surface area contributed by atoms with Crippen molar-refractivity contribution in [3.63, 3.8) is 0 Å². The number of carboxylic acid groups (broad SMARTS) is 2. The molecule has 4 rings (SSSR count). The molecule has 0 bridgehead atoms. The molecule has 716 valence electrons. The number of primary amides is 2. The van der Waals surface area contributed by atoms with Gasteiger partial charge in [-0.1, -0.05) is 44.2 Å². The molecule has 18 amide bonds. The van der Waals surface area contributed by atoms with Gasteiger partial charge in [-0.05, 0) is 174 Å². The van der Waals surface area contributed by atoms with Gasteiger partial charge in [0.15, 0.2) is 0 Å². The van der Waals surface area contributed by atoms with Gasteiger partial charge in [-0.15, -0.1) is 0 Å². The van der Waals surface area contributed by atoms with Crippen molar-refractivity contribution in [2.45, 2.75) is 285 Å². The monoisotopic (exact) mass is 1810 g/mol. The summed E-state index contributed by atoms with van der Waals surface area (Å²) in [5.74, 6) is -20.1. The number of rotatable bonds is 58. The van der Waals surface area contributed by atoms with Crippen LogP contribution in [0.2, 0.25) is 0 Å².